The van der Waals surface area contributed by atoms with Crippen molar-refractivity contribution in [3.8, 4) is 0 Å². The summed E-state index contributed by atoms with van der Waals surface area (Å²) < 4.78 is 1.82. The van der Waals surface area contributed by atoms with Crippen LogP contribution in [0.15, 0.2) is 36.9 Å². The summed E-state index contributed by atoms with van der Waals surface area (Å²) in [5, 5.41) is 4.30. The van der Waals surface area contributed by atoms with Crippen LogP contribution in [-0.4, -0.2) is 55.6 Å². The number of nitrogens with zero attached hydrogens (tertiary/aromatic N) is 7. The highest BCUT2D eigenvalue weighted by Gasteiger charge is 2.20. The molecule has 0 atom stereocenters. The van der Waals surface area contributed by atoms with Gasteiger partial charge in [0.2, 0.25) is 0 Å². The molecule has 0 aromatic carbocycles. The molecule has 3 aromatic rings. The van der Waals surface area contributed by atoms with Crippen LogP contribution in [0.5, 0.6) is 0 Å². The summed E-state index contributed by atoms with van der Waals surface area (Å²) in [7, 11) is 0. The maximum Gasteiger partial charge on any atom is 0.254 e. The van der Waals surface area contributed by atoms with E-state index < -0.39 is 0 Å². The van der Waals surface area contributed by atoms with Crippen LogP contribution in [0.2, 0.25) is 0 Å². The lowest BCUT2D eigenvalue weighted by Gasteiger charge is -2.35. The molecule has 4 heterocycles. The zero-order valence-electron chi connectivity index (χ0n) is 13.1. The minimum Gasteiger partial charge on any atom is -0.354 e. The van der Waals surface area contributed by atoms with Gasteiger partial charge in [-0.3, -0.25) is 9.88 Å². The fourth-order valence-electron chi connectivity index (χ4n) is 3.02. The fraction of sp³-hybridized carbons (Fsp3) is 0.375. The number of anilines is 1. The Labute approximate surface area is 134 Å². The molecule has 7 heteroatoms. The van der Waals surface area contributed by atoms with Crippen LogP contribution in [0.4, 0.5) is 5.82 Å². The second kappa shape index (κ2) is 5.92. The first kappa shape index (κ1) is 14.1. The lowest BCUT2D eigenvalue weighted by molar-refractivity contribution is 0.249. The van der Waals surface area contributed by atoms with Crippen LogP contribution in [0, 0.1) is 6.92 Å². The van der Waals surface area contributed by atoms with E-state index in [2.05, 4.69) is 48.0 Å². The Kier molecular flexibility index (Phi) is 3.63. The van der Waals surface area contributed by atoms with Gasteiger partial charge in [-0.15, -0.1) is 0 Å². The Morgan fingerprint density at radius 2 is 1.87 bits per heavy atom. The molecule has 1 aliphatic rings. The van der Waals surface area contributed by atoms with Crippen molar-refractivity contribution in [2.24, 2.45) is 0 Å². The fourth-order valence-corrected chi connectivity index (χ4v) is 3.02. The molecule has 3 aromatic heterocycles. The van der Waals surface area contributed by atoms with Crippen LogP contribution in [0.3, 0.4) is 0 Å². The predicted molar refractivity (Wildman–Crippen MR) is 87.2 cm³/mol. The van der Waals surface area contributed by atoms with Crippen LogP contribution in [-0.2, 0) is 6.54 Å². The molecule has 0 bridgehead atoms. The zero-order valence-corrected chi connectivity index (χ0v) is 13.1. The smallest absolute Gasteiger partial charge is 0.254 e. The summed E-state index contributed by atoms with van der Waals surface area (Å²) in [5.74, 6) is 1.74. The number of pyridine rings is 1. The topological polar surface area (TPSA) is 62.5 Å². The van der Waals surface area contributed by atoms with Gasteiger partial charge in [-0.05, 0) is 24.6 Å². The highest BCUT2D eigenvalue weighted by Crippen LogP contribution is 2.18. The van der Waals surface area contributed by atoms with E-state index >= 15 is 0 Å². The molecule has 0 saturated carbocycles. The Hall–Kier alpha value is -2.54. The van der Waals surface area contributed by atoms with E-state index in [4.69, 9.17) is 0 Å². The first-order valence-corrected chi connectivity index (χ1v) is 7.83. The molecule has 1 saturated heterocycles. The molecule has 0 radical (unpaired) electrons. The third-order valence-electron chi connectivity index (χ3n) is 4.21. The van der Waals surface area contributed by atoms with Gasteiger partial charge in [-0.2, -0.15) is 14.6 Å². The number of hydrogen-bond acceptors (Lipinski definition) is 6. The van der Waals surface area contributed by atoms with Crippen molar-refractivity contribution in [2.45, 2.75) is 13.5 Å². The number of piperazine rings is 1. The van der Waals surface area contributed by atoms with Gasteiger partial charge in [0.15, 0.2) is 0 Å². The second-order valence-corrected chi connectivity index (χ2v) is 5.85. The van der Waals surface area contributed by atoms with Crippen LogP contribution >= 0.6 is 0 Å². The standard InChI is InChI=1S/C16H19N7/c1-13-10-15(23-16(20-13)18-12-19-23)22-8-6-21(7-9-22)11-14-2-4-17-5-3-14/h2-5,10,12H,6-9,11H2,1H3. The summed E-state index contributed by atoms with van der Waals surface area (Å²) >= 11 is 0. The maximum absolute atomic E-state index is 4.41. The Morgan fingerprint density at radius 3 is 2.65 bits per heavy atom. The van der Waals surface area contributed by atoms with Crippen molar-refractivity contribution in [1.29, 1.82) is 0 Å². The quantitative estimate of drug-likeness (QED) is 0.723. The van der Waals surface area contributed by atoms with Crippen molar-refractivity contribution in [3.63, 3.8) is 0 Å². The van der Waals surface area contributed by atoms with Crippen molar-refractivity contribution in [2.75, 3.05) is 31.1 Å². The molecule has 0 spiro atoms. The number of hydrogen-bond donors (Lipinski definition) is 0. The van der Waals surface area contributed by atoms with E-state index in [-0.39, 0.29) is 0 Å². The van der Waals surface area contributed by atoms with E-state index in [1.54, 1.807) is 6.33 Å². The van der Waals surface area contributed by atoms with Crippen LogP contribution < -0.4 is 4.90 Å². The average Bonchev–Trinajstić information content (AvgIpc) is 3.04. The van der Waals surface area contributed by atoms with E-state index in [1.165, 1.54) is 5.56 Å². The molecule has 7 nitrogen and oxygen atoms in total. The van der Waals surface area contributed by atoms with Gasteiger partial charge in [0.05, 0.1) is 0 Å². The van der Waals surface area contributed by atoms with Crippen molar-refractivity contribution >= 4 is 11.6 Å². The monoisotopic (exact) mass is 309 g/mol. The highest BCUT2D eigenvalue weighted by molar-refractivity contribution is 5.47. The van der Waals surface area contributed by atoms with E-state index in [9.17, 15) is 0 Å². The van der Waals surface area contributed by atoms with Gasteiger partial charge in [0, 0.05) is 56.9 Å². The first-order valence-electron chi connectivity index (χ1n) is 7.83. The Bertz CT molecular complexity index is 791. The van der Waals surface area contributed by atoms with Crippen LogP contribution in [0.25, 0.3) is 5.78 Å². The molecule has 0 aliphatic carbocycles. The molecular formula is C16H19N7. The van der Waals surface area contributed by atoms with Crippen molar-refractivity contribution in [3.05, 3.63) is 48.2 Å². The molecule has 0 N–H and O–H groups in total. The van der Waals surface area contributed by atoms with E-state index in [1.807, 2.05) is 23.8 Å². The molecular weight excluding hydrogens is 290 g/mol. The summed E-state index contributed by atoms with van der Waals surface area (Å²) in [6.45, 7) is 6.98. The van der Waals surface area contributed by atoms with Crippen molar-refractivity contribution in [1.82, 2.24) is 29.5 Å². The molecule has 23 heavy (non-hydrogen) atoms. The number of aromatic nitrogens is 5. The molecule has 4 rings (SSSR count). The van der Waals surface area contributed by atoms with Gasteiger partial charge >= 0.3 is 0 Å². The SMILES string of the molecule is Cc1cc(N2CCN(Cc3ccncc3)CC2)n2ncnc2n1. The van der Waals surface area contributed by atoms with Gasteiger partial charge in [-0.25, -0.2) is 4.98 Å². The minimum atomic E-state index is 0.666. The Balaban J connectivity index is 1.47. The summed E-state index contributed by atoms with van der Waals surface area (Å²) in [5.41, 5.74) is 2.28. The van der Waals surface area contributed by atoms with Crippen LogP contribution in [0.1, 0.15) is 11.3 Å². The predicted octanol–water partition coefficient (Wildman–Crippen LogP) is 1.15. The summed E-state index contributed by atoms with van der Waals surface area (Å²) in [4.78, 5) is 17.5. The maximum atomic E-state index is 4.41. The van der Waals surface area contributed by atoms with Gasteiger partial charge in [0.1, 0.15) is 12.1 Å². The van der Waals surface area contributed by atoms with Crippen molar-refractivity contribution < 1.29 is 0 Å². The molecule has 0 unspecified atom stereocenters. The molecule has 0 amide bonds. The van der Waals surface area contributed by atoms with Gasteiger partial charge in [0.25, 0.3) is 5.78 Å². The summed E-state index contributed by atoms with van der Waals surface area (Å²) in [6, 6.07) is 6.25. The lowest BCUT2D eigenvalue weighted by Crippen LogP contribution is -2.46. The second-order valence-electron chi connectivity index (χ2n) is 5.85. The van der Waals surface area contributed by atoms with E-state index in [0.717, 1.165) is 44.2 Å². The van der Waals surface area contributed by atoms with Gasteiger partial charge in [-0.1, -0.05) is 0 Å². The summed E-state index contributed by atoms with van der Waals surface area (Å²) in [6.07, 6.45) is 5.27. The number of aryl methyl sites for hydroxylation is 1. The third-order valence-corrected chi connectivity index (χ3v) is 4.21. The normalized spacial score (nSPS) is 16.1. The minimum absolute atomic E-state index is 0.666. The average molecular weight is 309 g/mol. The molecule has 118 valence electrons. The molecule has 1 aliphatic heterocycles. The molecule has 1 fully saturated rings. The van der Waals surface area contributed by atoms with Gasteiger partial charge < -0.3 is 4.90 Å². The lowest BCUT2D eigenvalue weighted by atomic mass is 10.2. The largest absolute Gasteiger partial charge is 0.354 e. The van der Waals surface area contributed by atoms with E-state index in [0.29, 0.717) is 5.78 Å². The Morgan fingerprint density at radius 1 is 1.09 bits per heavy atom. The number of rotatable bonds is 3. The third kappa shape index (κ3) is 2.87. The first-order chi connectivity index (χ1) is 11.3. The highest BCUT2D eigenvalue weighted by atomic mass is 15.4. The number of fused-ring (bicyclic) bond motifs is 1. The zero-order chi connectivity index (χ0) is 15.6.